The van der Waals surface area contributed by atoms with Gasteiger partial charge in [0.25, 0.3) is 0 Å². The van der Waals surface area contributed by atoms with Gasteiger partial charge in [-0.3, -0.25) is 0 Å². The van der Waals surface area contributed by atoms with Gasteiger partial charge in [-0.05, 0) is 18.4 Å². The zero-order valence-electron chi connectivity index (χ0n) is 10.1. The van der Waals surface area contributed by atoms with E-state index in [0.29, 0.717) is 17.3 Å². The minimum Gasteiger partial charge on any atom is -0.249 e. The predicted octanol–water partition coefficient (Wildman–Crippen LogP) is 4.74. The quantitative estimate of drug-likeness (QED) is 0.684. The van der Waals surface area contributed by atoms with Crippen molar-refractivity contribution in [3.8, 4) is 0 Å². The average Bonchev–Trinajstić information content (AvgIpc) is 2.24. The van der Waals surface area contributed by atoms with E-state index in [1.165, 1.54) is 0 Å². The lowest BCUT2D eigenvalue weighted by atomic mass is 9.99. The molecule has 1 aromatic carbocycles. The van der Waals surface area contributed by atoms with Gasteiger partial charge in [-0.25, -0.2) is 18.2 Å². The van der Waals surface area contributed by atoms with Crippen LogP contribution in [0.25, 0.3) is 10.9 Å². The normalized spacial score (nSPS) is 11.6. The van der Waals surface area contributed by atoms with Crippen molar-refractivity contribution in [1.82, 2.24) is 4.98 Å². The Balaban J connectivity index is 3.00. The van der Waals surface area contributed by atoms with Crippen molar-refractivity contribution in [2.45, 2.75) is 26.7 Å². The molecule has 1 heterocycles. The molecule has 0 amide bonds. The number of aromatic nitrogens is 1. The van der Waals surface area contributed by atoms with Crippen LogP contribution in [0.1, 0.15) is 31.0 Å². The second kappa shape index (κ2) is 4.43. The minimum atomic E-state index is -1.26. The lowest BCUT2D eigenvalue weighted by Gasteiger charge is -2.14. The van der Waals surface area contributed by atoms with Gasteiger partial charge in [-0.2, -0.15) is 0 Å². The van der Waals surface area contributed by atoms with Crippen LogP contribution in [0.3, 0.4) is 0 Å². The zero-order chi connectivity index (χ0) is 13.6. The Bertz CT molecular complexity index is 638. The number of hydrogen-bond acceptors (Lipinski definition) is 1. The number of halogens is 4. The number of pyridine rings is 1. The fourth-order valence-electron chi connectivity index (χ4n) is 2.09. The molecule has 1 nitrogen and oxygen atoms in total. The molecule has 0 unspecified atom stereocenters. The molecule has 0 aliphatic rings. The third kappa shape index (κ3) is 1.85. The molecule has 5 heteroatoms. The van der Waals surface area contributed by atoms with Gasteiger partial charge >= 0.3 is 0 Å². The summed E-state index contributed by atoms with van der Waals surface area (Å²) in [5.74, 6) is -3.32. The van der Waals surface area contributed by atoms with Crippen molar-refractivity contribution in [3.63, 3.8) is 0 Å². The van der Waals surface area contributed by atoms with E-state index in [4.69, 9.17) is 11.6 Å². The fourth-order valence-corrected chi connectivity index (χ4v) is 2.62. The summed E-state index contributed by atoms with van der Waals surface area (Å²) >= 11 is 6.10. The summed E-state index contributed by atoms with van der Waals surface area (Å²) in [6.45, 7) is 5.39. The summed E-state index contributed by atoms with van der Waals surface area (Å²) in [5, 5.41) is -0.0613. The maximum Gasteiger partial charge on any atom is 0.185 e. The van der Waals surface area contributed by atoms with Gasteiger partial charge in [0.2, 0.25) is 0 Å². The number of aryl methyl sites for hydroxylation is 1. The largest absolute Gasteiger partial charge is 0.249 e. The first-order chi connectivity index (χ1) is 8.34. The molecule has 1 aromatic heterocycles. The van der Waals surface area contributed by atoms with Crippen LogP contribution in [0.2, 0.25) is 5.02 Å². The van der Waals surface area contributed by atoms with E-state index >= 15 is 0 Å². The maximum atomic E-state index is 13.7. The van der Waals surface area contributed by atoms with Gasteiger partial charge in [0.05, 0.1) is 10.4 Å². The van der Waals surface area contributed by atoms with Gasteiger partial charge < -0.3 is 0 Å². The second-order valence-electron chi connectivity index (χ2n) is 4.46. The molecule has 0 spiro atoms. The molecule has 0 aliphatic heterocycles. The summed E-state index contributed by atoms with van der Waals surface area (Å²) in [5.41, 5.74) is 0.764. The van der Waals surface area contributed by atoms with E-state index in [0.717, 1.165) is 0 Å². The Labute approximate surface area is 108 Å². The molecule has 0 fully saturated rings. The van der Waals surface area contributed by atoms with Crippen molar-refractivity contribution in [3.05, 3.63) is 39.8 Å². The summed E-state index contributed by atoms with van der Waals surface area (Å²) < 4.78 is 40.5. The molecular formula is C13H11ClF3N. The Hall–Kier alpha value is -1.29. The van der Waals surface area contributed by atoms with Crippen molar-refractivity contribution in [1.29, 1.82) is 0 Å². The first kappa shape index (κ1) is 13.1. The number of hydrogen-bond donors (Lipinski definition) is 0. The highest BCUT2D eigenvalue weighted by molar-refractivity contribution is 6.36. The molecule has 96 valence electrons. The Morgan fingerprint density at radius 2 is 1.78 bits per heavy atom. The lowest BCUT2D eigenvalue weighted by molar-refractivity contribution is 0.504. The third-order valence-corrected chi connectivity index (χ3v) is 3.24. The van der Waals surface area contributed by atoms with E-state index in [9.17, 15) is 13.2 Å². The smallest absolute Gasteiger partial charge is 0.185 e. The molecule has 2 rings (SSSR count). The maximum absolute atomic E-state index is 13.7. The first-order valence-corrected chi connectivity index (χ1v) is 5.85. The van der Waals surface area contributed by atoms with E-state index in [2.05, 4.69) is 4.98 Å². The SMILES string of the molecule is Cc1nc2c(F)c(F)cc(F)c2c(Cl)c1C(C)C. The molecule has 2 aromatic rings. The van der Waals surface area contributed by atoms with Crippen molar-refractivity contribution in [2.24, 2.45) is 0 Å². The van der Waals surface area contributed by atoms with Crippen molar-refractivity contribution < 1.29 is 13.2 Å². The molecule has 0 saturated carbocycles. The summed E-state index contributed by atoms with van der Waals surface area (Å²) in [7, 11) is 0. The molecule has 0 saturated heterocycles. The fraction of sp³-hybridized carbons (Fsp3) is 0.308. The number of benzene rings is 1. The third-order valence-electron chi connectivity index (χ3n) is 2.85. The van der Waals surface area contributed by atoms with Crippen molar-refractivity contribution >= 4 is 22.5 Å². The molecular weight excluding hydrogens is 263 g/mol. The van der Waals surface area contributed by atoms with Crippen molar-refractivity contribution in [2.75, 3.05) is 0 Å². The zero-order valence-corrected chi connectivity index (χ0v) is 10.9. The van der Waals surface area contributed by atoms with Crippen LogP contribution in [0.4, 0.5) is 13.2 Å². The van der Waals surface area contributed by atoms with Crippen LogP contribution < -0.4 is 0 Å². The van der Waals surface area contributed by atoms with E-state index in [-0.39, 0.29) is 21.8 Å². The van der Waals surface area contributed by atoms with E-state index in [1.54, 1.807) is 6.92 Å². The first-order valence-electron chi connectivity index (χ1n) is 5.47. The van der Waals surface area contributed by atoms with E-state index < -0.39 is 17.5 Å². The summed E-state index contributed by atoms with van der Waals surface area (Å²) in [6.07, 6.45) is 0. The monoisotopic (exact) mass is 273 g/mol. The Kier molecular flexibility index (Phi) is 3.23. The van der Waals surface area contributed by atoms with Crippen LogP contribution in [-0.4, -0.2) is 4.98 Å². The van der Waals surface area contributed by atoms with E-state index in [1.807, 2.05) is 13.8 Å². The highest BCUT2D eigenvalue weighted by atomic mass is 35.5. The Morgan fingerprint density at radius 3 is 2.33 bits per heavy atom. The Morgan fingerprint density at radius 1 is 1.17 bits per heavy atom. The molecule has 0 bridgehead atoms. The van der Waals surface area contributed by atoms with Gasteiger partial charge in [-0.15, -0.1) is 0 Å². The highest BCUT2D eigenvalue weighted by Crippen LogP contribution is 2.35. The van der Waals surface area contributed by atoms with Gasteiger partial charge in [0.15, 0.2) is 11.6 Å². The van der Waals surface area contributed by atoms with Crippen LogP contribution in [0.15, 0.2) is 6.07 Å². The average molecular weight is 274 g/mol. The highest BCUT2D eigenvalue weighted by Gasteiger charge is 2.21. The molecule has 0 atom stereocenters. The molecule has 0 aliphatic carbocycles. The predicted molar refractivity (Wildman–Crippen MR) is 65.5 cm³/mol. The van der Waals surface area contributed by atoms with Crippen LogP contribution in [-0.2, 0) is 0 Å². The summed E-state index contributed by atoms with van der Waals surface area (Å²) in [4.78, 5) is 3.94. The number of nitrogens with zero attached hydrogens (tertiary/aromatic N) is 1. The number of fused-ring (bicyclic) bond motifs is 1. The lowest BCUT2D eigenvalue weighted by Crippen LogP contribution is -2.02. The van der Waals surface area contributed by atoms with Crippen LogP contribution >= 0.6 is 11.6 Å². The van der Waals surface area contributed by atoms with Gasteiger partial charge in [0, 0.05) is 11.8 Å². The minimum absolute atomic E-state index is 0.0157. The van der Waals surface area contributed by atoms with Gasteiger partial charge in [0.1, 0.15) is 11.3 Å². The van der Waals surface area contributed by atoms with Crippen LogP contribution in [0.5, 0.6) is 0 Å². The standard InChI is InChI=1S/C13H11ClF3N/c1-5(2)9-6(3)18-13-10(11(9)14)7(15)4-8(16)12(13)17/h4-5H,1-3H3. The molecule has 0 radical (unpaired) electrons. The second-order valence-corrected chi connectivity index (χ2v) is 4.84. The van der Waals surface area contributed by atoms with Gasteiger partial charge in [-0.1, -0.05) is 25.4 Å². The number of rotatable bonds is 1. The summed E-state index contributed by atoms with van der Waals surface area (Å²) in [6, 6.07) is 0.491. The topological polar surface area (TPSA) is 12.9 Å². The molecule has 18 heavy (non-hydrogen) atoms. The molecule has 0 N–H and O–H groups in total. The van der Waals surface area contributed by atoms with Crippen LogP contribution in [0, 0.1) is 24.4 Å².